The molecule has 1 amide bonds. The van der Waals surface area contributed by atoms with Gasteiger partial charge in [-0.25, -0.2) is 0 Å². The highest BCUT2D eigenvalue weighted by Gasteiger charge is 2.24. The summed E-state index contributed by atoms with van der Waals surface area (Å²) in [7, 11) is 0. The second-order valence-electron chi connectivity index (χ2n) is 6.21. The number of benzene rings is 2. The molecular weight excluding hydrogens is 302 g/mol. The van der Waals surface area contributed by atoms with E-state index in [1.54, 1.807) is 0 Å². The fraction of sp³-hybridized carbons (Fsp3) is 0.263. The first kappa shape index (κ1) is 14.8. The monoisotopic (exact) mass is 321 g/mol. The highest BCUT2D eigenvalue weighted by Crippen LogP contribution is 2.25. The molecule has 2 aromatic carbocycles. The predicted octanol–water partition coefficient (Wildman–Crippen LogP) is 2.92. The van der Waals surface area contributed by atoms with Gasteiger partial charge >= 0.3 is 0 Å². The zero-order valence-electron chi connectivity index (χ0n) is 13.5. The topological polar surface area (TPSA) is 58.2 Å². The predicted molar refractivity (Wildman–Crippen MR) is 91.7 cm³/mol. The SMILES string of the molecule is CC1CN(C(=O)Cc2[nH]nc3ccccc23)Cc2ccccc2O1. The number of hydrogen-bond donors (Lipinski definition) is 1. The average molecular weight is 321 g/mol. The summed E-state index contributed by atoms with van der Waals surface area (Å²) in [6, 6.07) is 15.7. The first-order chi connectivity index (χ1) is 11.7. The largest absolute Gasteiger partial charge is 0.489 e. The molecular formula is C19H19N3O2. The molecule has 1 aliphatic heterocycles. The van der Waals surface area contributed by atoms with E-state index in [0.717, 1.165) is 27.9 Å². The van der Waals surface area contributed by atoms with Gasteiger partial charge in [0.2, 0.25) is 5.91 Å². The van der Waals surface area contributed by atoms with Gasteiger partial charge in [0.25, 0.3) is 0 Å². The molecule has 4 rings (SSSR count). The quantitative estimate of drug-likeness (QED) is 0.789. The van der Waals surface area contributed by atoms with Crippen LogP contribution in [0.5, 0.6) is 5.75 Å². The number of amides is 1. The van der Waals surface area contributed by atoms with Crippen molar-refractivity contribution in [3.8, 4) is 5.75 Å². The summed E-state index contributed by atoms with van der Waals surface area (Å²) in [6.45, 7) is 3.15. The number of H-pyrrole nitrogens is 1. The lowest BCUT2D eigenvalue weighted by Gasteiger charge is -2.22. The van der Waals surface area contributed by atoms with Crippen LogP contribution >= 0.6 is 0 Å². The van der Waals surface area contributed by atoms with E-state index in [2.05, 4.69) is 10.2 Å². The lowest BCUT2D eigenvalue weighted by Crippen LogP contribution is -2.37. The molecule has 122 valence electrons. The standard InChI is InChI=1S/C19H19N3O2/c1-13-11-22(12-14-6-2-5-9-18(14)24-13)19(23)10-17-15-7-3-4-8-16(15)20-21-17/h2-9,13H,10-12H2,1H3,(H,20,21). The third-order valence-electron chi connectivity index (χ3n) is 4.36. The van der Waals surface area contributed by atoms with E-state index >= 15 is 0 Å². The van der Waals surface area contributed by atoms with Crippen LogP contribution in [-0.2, 0) is 17.8 Å². The number of carbonyl (C=O) groups excluding carboxylic acids is 1. The molecule has 24 heavy (non-hydrogen) atoms. The number of para-hydroxylation sites is 2. The fourth-order valence-corrected chi connectivity index (χ4v) is 3.19. The molecule has 1 unspecified atom stereocenters. The highest BCUT2D eigenvalue weighted by atomic mass is 16.5. The zero-order chi connectivity index (χ0) is 16.5. The Bertz CT molecular complexity index is 887. The van der Waals surface area contributed by atoms with Gasteiger partial charge in [-0.05, 0) is 19.1 Å². The van der Waals surface area contributed by atoms with Gasteiger partial charge < -0.3 is 9.64 Å². The molecule has 0 saturated carbocycles. The summed E-state index contributed by atoms with van der Waals surface area (Å²) in [5.41, 5.74) is 2.80. The van der Waals surface area contributed by atoms with Crippen molar-refractivity contribution in [2.45, 2.75) is 26.0 Å². The van der Waals surface area contributed by atoms with Crippen LogP contribution in [0.1, 0.15) is 18.2 Å². The molecule has 5 nitrogen and oxygen atoms in total. The Morgan fingerprint density at radius 2 is 2.04 bits per heavy atom. The van der Waals surface area contributed by atoms with Gasteiger partial charge in [0, 0.05) is 17.5 Å². The van der Waals surface area contributed by atoms with Crippen LogP contribution in [0.2, 0.25) is 0 Å². The van der Waals surface area contributed by atoms with Crippen LogP contribution in [0.15, 0.2) is 48.5 Å². The van der Waals surface area contributed by atoms with Crippen molar-refractivity contribution in [3.05, 3.63) is 59.8 Å². The van der Waals surface area contributed by atoms with Crippen LogP contribution in [0.3, 0.4) is 0 Å². The van der Waals surface area contributed by atoms with Gasteiger partial charge in [-0.3, -0.25) is 9.89 Å². The average Bonchev–Trinajstić information content (AvgIpc) is 2.90. The number of hydrogen-bond acceptors (Lipinski definition) is 3. The summed E-state index contributed by atoms with van der Waals surface area (Å²) >= 11 is 0. The number of nitrogens with one attached hydrogen (secondary N) is 1. The molecule has 1 atom stereocenters. The van der Waals surface area contributed by atoms with Crippen molar-refractivity contribution in [3.63, 3.8) is 0 Å². The van der Waals surface area contributed by atoms with E-state index in [4.69, 9.17) is 4.74 Å². The van der Waals surface area contributed by atoms with Gasteiger partial charge in [0.15, 0.2) is 0 Å². The van der Waals surface area contributed by atoms with Crippen LogP contribution in [0, 0.1) is 0 Å². The molecule has 3 aromatic rings. The molecule has 0 radical (unpaired) electrons. The number of carbonyl (C=O) groups is 1. The maximum absolute atomic E-state index is 12.8. The second kappa shape index (κ2) is 6.00. The smallest absolute Gasteiger partial charge is 0.229 e. The number of fused-ring (bicyclic) bond motifs is 2. The molecule has 0 spiro atoms. The van der Waals surface area contributed by atoms with Crippen LogP contribution in [-0.4, -0.2) is 33.7 Å². The Morgan fingerprint density at radius 1 is 1.25 bits per heavy atom. The lowest BCUT2D eigenvalue weighted by molar-refractivity contribution is -0.131. The van der Waals surface area contributed by atoms with Crippen molar-refractivity contribution < 1.29 is 9.53 Å². The number of aromatic amines is 1. The Kier molecular flexibility index (Phi) is 3.69. The van der Waals surface area contributed by atoms with Gasteiger partial charge in [-0.1, -0.05) is 36.4 Å². The molecule has 0 fully saturated rings. The van der Waals surface area contributed by atoms with Crippen molar-refractivity contribution >= 4 is 16.8 Å². The van der Waals surface area contributed by atoms with Gasteiger partial charge in [0.1, 0.15) is 11.9 Å². The maximum Gasteiger partial charge on any atom is 0.229 e. The van der Waals surface area contributed by atoms with E-state index < -0.39 is 0 Å². The molecule has 1 aliphatic rings. The van der Waals surface area contributed by atoms with Crippen LogP contribution in [0.25, 0.3) is 10.9 Å². The van der Waals surface area contributed by atoms with Crippen molar-refractivity contribution in [2.24, 2.45) is 0 Å². The van der Waals surface area contributed by atoms with E-state index in [-0.39, 0.29) is 12.0 Å². The highest BCUT2D eigenvalue weighted by molar-refractivity contribution is 5.87. The third-order valence-corrected chi connectivity index (χ3v) is 4.36. The summed E-state index contributed by atoms with van der Waals surface area (Å²) < 4.78 is 5.93. The number of ether oxygens (including phenoxy) is 1. The van der Waals surface area contributed by atoms with Crippen molar-refractivity contribution in [1.82, 2.24) is 15.1 Å². The normalized spacial score (nSPS) is 17.2. The molecule has 2 heterocycles. The molecule has 1 aromatic heterocycles. The Balaban J connectivity index is 1.58. The lowest BCUT2D eigenvalue weighted by atomic mass is 10.1. The fourth-order valence-electron chi connectivity index (χ4n) is 3.19. The first-order valence-corrected chi connectivity index (χ1v) is 8.15. The number of rotatable bonds is 2. The number of aromatic nitrogens is 2. The summed E-state index contributed by atoms with van der Waals surface area (Å²) in [4.78, 5) is 14.7. The van der Waals surface area contributed by atoms with Crippen molar-refractivity contribution in [2.75, 3.05) is 6.54 Å². The van der Waals surface area contributed by atoms with Crippen LogP contribution in [0.4, 0.5) is 0 Å². The first-order valence-electron chi connectivity index (χ1n) is 8.15. The van der Waals surface area contributed by atoms with Gasteiger partial charge in [-0.2, -0.15) is 5.10 Å². The minimum atomic E-state index is -0.0314. The minimum absolute atomic E-state index is 0.0314. The second-order valence-corrected chi connectivity index (χ2v) is 6.21. The van der Waals surface area contributed by atoms with Crippen LogP contribution < -0.4 is 4.74 Å². The molecule has 0 aliphatic carbocycles. The maximum atomic E-state index is 12.8. The van der Waals surface area contributed by atoms with Gasteiger partial charge in [-0.15, -0.1) is 0 Å². The third kappa shape index (κ3) is 2.73. The Hall–Kier alpha value is -2.82. The Labute approximate surface area is 140 Å². The molecule has 1 N–H and O–H groups in total. The van der Waals surface area contributed by atoms with Gasteiger partial charge in [0.05, 0.1) is 24.2 Å². The van der Waals surface area contributed by atoms with Crippen molar-refractivity contribution in [1.29, 1.82) is 0 Å². The zero-order valence-corrected chi connectivity index (χ0v) is 13.5. The van der Waals surface area contributed by atoms with E-state index in [1.165, 1.54) is 0 Å². The van der Waals surface area contributed by atoms with E-state index in [0.29, 0.717) is 19.5 Å². The molecule has 0 saturated heterocycles. The minimum Gasteiger partial charge on any atom is -0.489 e. The molecule has 0 bridgehead atoms. The number of nitrogens with zero attached hydrogens (tertiary/aromatic N) is 2. The van der Waals surface area contributed by atoms with E-state index in [1.807, 2.05) is 60.4 Å². The molecule has 5 heteroatoms. The summed E-state index contributed by atoms with van der Waals surface area (Å²) in [6.07, 6.45) is 0.284. The Morgan fingerprint density at radius 3 is 2.96 bits per heavy atom. The summed E-state index contributed by atoms with van der Waals surface area (Å²) in [5.74, 6) is 0.948. The summed E-state index contributed by atoms with van der Waals surface area (Å²) in [5, 5.41) is 8.27. The van der Waals surface area contributed by atoms with E-state index in [9.17, 15) is 4.79 Å².